The van der Waals surface area contributed by atoms with Crippen molar-refractivity contribution in [3.63, 3.8) is 0 Å². The molecular formula is C19H34N4O2. The summed E-state index contributed by atoms with van der Waals surface area (Å²) in [5.74, 6) is 1.24. The van der Waals surface area contributed by atoms with Crippen molar-refractivity contribution >= 4 is 5.96 Å². The zero-order valence-electron chi connectivity index (χ0n) is 16.1. The van der Waals surface area contributed by atoms with E-state index in [2.05, 4.69) is 46.6 Å². The van der Waals surface area contributed by atoms with E-state index in [0.717, 1.165) is 45.4 Å². The number of methoxy groups -OCH3 is 1. The average Bonchev–Trinajstić information content (AvgIpc) is 2.63. The summed E-state index contributed by atoms with van der Waals surface area (Å²) in [5.41, 5.74) is 1.21. The Kier molecular flexibility index (Phi) is 11.7. The molecule has 0 aliphatic rings. The minimum Gasteiger partial charge on any atom is -0.383 e. The number of rotatable bonds is 12. The molecule has 1 rings (SSSR count). The first-order valence-electron chi connectivity index (χ1n) is 8.89. The fourth-order valence-corrected chi connectivity index (χ4v) is 2.23. The Bertz CT molecular complexity index is 468. The summed E-state index contributed by atoms with van der Waals surface area (Å²) in [6, 6.07) is 10.2. The Morgan fingerprint density at radius 2 is 1.96 bits per heavy atom. The van der Waals surface area contributed by atoms with Gasteiger partial charge in [-0.15, -0.1) is 0 Å². The lowest BCUT2D eigenvalue weighted by molar-refractivity contribution is 0.0931. The Balaban J connectivity index is 2.12. The van der Waals surface area contributed by atoms with Crippen LogP contribution in [-0.2, 0) is 16.1 Å². The number of hydrogen-bond acceptors (Lipinski definition) is 4. The first-order chi connectivity index (χ1) is 12.2. The maximum atomic E-state index is 5.78. The standard InChI is InChI=1S/C19H34N4O2/c1-17(15-25-16-18-8-6-5-7-9-18)14-22-19(20-2)21-10-11-23(3)12-13-24-4/h5-9,17H,10-16H2,1-4H3,(H2,20,21,22). The molecule has 6 nitrogen and oxygen atoms in total. The van der Waals surface area contributed by atoms with Crippen molar-refractivity contribution in [2.75, 3.05) is 60.6 Å². The van der Waals surface area contributed by atoms with Crippen LogP contribution in [0, 0.1) is 5.92 Å². The lowest BCUT2D eigenvalue weighted by Gasteiger charge is -2.19. The van der Waals surface area contributed by atoms with Crippen molar-refractivity contribution in [1.82, 2.24) is 15.5 Å². The van der Waals surface area contributed by atoms with Gasteiger partial charge in [-0.25, -0.2) is 0 Å². The number of hydrogen-bond donors (Lipinski definition) is 2. The van der Waals surface area contributed by atoms with Crippen molar-refractivity contribution < 1.29 is 9.47 Å². The van der Waals surface area contributed by atoms with Gasteiger partial charge < -0.3 is 25.0 Å². The maximum Gasteiger partial charge on any atom is 0.191 e. The van der Waals surface area contributed by atoms with Crippen molar-refractivity contribution in [1.29, 1.82) is 0 Å². The lowest BCUT2D eigenvalue weighted by atomic mass is 10.2. The van der Waals surface area contributed by atoms with Crippen LogP contribution in [-0.4, -0.2) is 71.5 Å². The third-order valence-corrected chi connectivity index (χ3v) is 3.82. The van der Waals surface area contributed by atoms with E-state index in [0.29, 0.717) is 12.5 Å². The first kappa shape index (κ1) is 21.4. The largest absolute Gasteiger partial charge is 0.383 e. The van der Waals surface area contributed by atoms with Crippen LogP contribution in [0.25, 0.3) is 0 Å². The minimum absolute atomic E-state index is 0.409. The molecular weight excluding hydrogens is 316 g/mol. The Hall–Kier alpha value is -1.63. The number of benzene rings is 1. The summed E-state index contributed by atoms with van der Waals surface area (Å²) in [6.07, 6.45) is 0. The summed E-state index contributed by atoms with van der Waals surface area (Å²) in [7, 11) is 5.60. The summed E-state index contributed by atoms with van der Waals surface area (Å²) in [5, 5.41) is 6.68. The molecule has 25 heavy (non-hydrogen) atoms. The molecule has 0 fully saturated rings. The molecule has 1 aromatic rings. The van der Waals surface area contributed by atoms with E-state index in [1.807, 2.05) is 18.2 Å². The van der Waals surface area contributed by atoms with Gasteiger partial charge in [0, 0.05) is 40.3 Å². The molecule has 0 heterocycles. The Labute approximate surface area is 152 Å². The number of nitrogens with zero attached hydrogens (tertiary/aromatic N) is 2. The van der Waals surface area contributed by atoms with Crippen LogP contribution in [0.1, 0.15) is 12.5 Å². The van der Waals surface area contributed by atoms with E-state index in [9.17, 15) is 0 Å². The molecule has 0 bridgehead atoms. The zero-order chi connectivity index (χ0) is 18.3. The molecule has 2 N–H and O–H groups in total. The van der Waals surface area contributed by atoms with Gasteiger partial charge in [-0.2, -0.15) is 0 Å². The van der Waals surface area contributed by atoms with Crippen molar-refractivity contribution in [2.45, 2.75) is 13.5 Å². The Morgan fingerprint density at radius 3 is 2.64 bits per heavy atom. The van der Waals surface area contributed by atoms with Gasteiger partial charge in [-0.05, 0) is 18.5 Å². The highest BCUT2D eigenvalue weighted by molar-refractivity contribution is 5.79. The highest BCUT2D eigenvalue weighted by Gasteiger charge is 2.05. The lowest BCUT2D eigenvalue weighted by Crippen LogP contribution is -2.43. The quantitative estimate of drug-likeness (QED) is 0.443. The average molecular weight is 351 g/mol. The monoisotopic (exact) mass is 350 g/mol. The van der Waals surface area contributed by atoms with E-state index < -0.39 is 0 Å². The molecule has 0 saturated heterocycles. The number of aliphatic imine (C=N–C) groups is 1. The molecule has 1 atom stereocenters. The predicted octanol–water partition coefficient (Wildman–Crippen LogP) is 1.58. The van der Waals surface area contributed by atoms with E-state index in [1.165, 1.54) is 5.56 Å². The summed E-state index contributed by atoms with van der Waals surface area (Å²) < 4.78 is 10.9. The first-order valence-corrected chi connectivity index (χ1v) is 8.89. The second kappa shape index (κ2) is 13.6. The number of guanidine groups is 1. The minimum atomic E-state index is 0.409. The second-order valence-electron chi connectivity index (χ2n) is 6.28. The van der Waals surface area contributed by atoms with Crippen LogP contribution < -0.4 is 10.6 Å². The summed E-state index contributed by atoms with van der Waals surface area (Å²) in [6.45, 7) is 7.85. The fraction of sp³-hybridized carbons (Fsp3) is 0.632. The van der Waals surface area contributed by atoms with Gasteiger partial charge in [-0.3, -0.25) is 4.99 Å². The third-order valence-electron chi connectivity index (χ3n) is 3.82. The summed E-state index contributed by atoms with van der Waals surface area (Å²) >= 11 is 0. The predicted molar refractivity (Wildman–Crippen MR) is 104 cm³/mol. The zero-order valence-corrected chi connectivity index (χ0v) is 16.1. The van der Waals surface area contributed by atoms with Crippen LogP contribution in [0.5, 0.6) is 0 Å². The van der Waals surface area contributed by atoms with Crippen LogP contribution in [0.15, 0.2) is 35.3 Å². The topological polar surface area (TPSA) is 58.1 Å². The van der Waals surface area contributed by atoms with Gasteiger partial charge in [0.2, 0.25) is 0 Å². The van der Waals surface area contributed by atoms with Gasteiger partial charge in [0.05, 0.1) is 19.8 Å². The molecule has 1 unspecified atom stereocenters. The van der Waals surface area contributed by atoms with E-state index in [-0.39, 0.29) is 0 Å². The molecule has 142 valence electrons. The number of ether oxygens (including phenoxy) is 2. The number of likely N-dealkylation sites (N-methyl/N-ethyl adjacent to an activating group) is 1. The van der Waals surface area contributed by atoms with Crippen molar-refractivity contribution in [3.05, 3.63) is 35.9 Å². The molecule has 0 aliphatic heterocycles. The third kappa shape index (κ3) is 10.8. The molecule has 0 spiro atoms. The molecule has 0 aromatic heterocycles. The molecule has 0 radical (unpaired) electrons. The van der Waals surface area contributed by atoms with Gasteiger partial charge >= 0.3 is 0 Å². The van der Waals surface area contributed by atoms with Crippen molar-refractivity contribution in [2.24, 2.45) is 10.9 Å². The second-order valence-corrected chi connectivity index (χ2v) is 6.28. The smallest absolute Gasteiger partial charge is 0.191 e. The van der Waals surface area contributed by atoms with Gasteiger partial charge in [0.25, 0.3) is 0 Å². The van der Waals surface area contributed by atoms with Crippen LogP contribution in [0.3, 0.4) is 0 Å². The number of nitrogens with one attached hydrogen (secondary N) is 2. The molecule has 0 aliphatic carbocycles. The van der Waals surface area contributed by atoms with Crippen LogP contribution in [0.4, 0.5) is 0 Å². The van der Waals surface area contributed by atoms with Crippen molar-refractivity contribution in [3.8, 4) is 0 Å². The normalized spacial score (nSPS) is 13.1. The van der Waals surface area contributed by atoms with Gasteiger partial charge in [0.1, 0.15) is 0 Å². The van der Waals surface area contributed by atoms with Gasteiger partial charge in [-0.1, -0.05) is 37.3 Å². The molecule has 0 amide bonds. The molecule has 0 saturated carbocycles. The van der Waals surface area contributed by atoms with Crippen LogP contribution >= 0.6 is 0 Å². The van der Waals surface area contributed by atoms with E-state index >= 15 is 0 Å². The SMILES string of the molecule is CN=C(NCCN(C)CCOC)NCC(C)COCc1ccccc1. The maximum absolute atomic E-state index is 5.78. The molecule has 6 heteroatoms. The molecule has 1 aromatic carbocycles. The highest BCUT2D eigenvalue weighted by Crippen LogP contribution is 2.02. The highest BCUT2D eigenvalue weighted by atomic mass is 16.5. The Morgan fingerprint density at radius 1 is 1.20 bits per heavy atom. The van der Waals surface area contributed by atoms with Gasteiger partial charge in [0.15, 0.2) is 5.96 Å². The van der Waals surface area contributed by atoms with Crippen LogP contribution in [0.2, 0.25) is 0 Å². The van der Waals surface area contributed by atoms with E-state index in [4.69, 9.17) is 9.47 Å². The fourth-order valence-electron chi connectivity index (χ4n) is 2.23. The summed E-state index contributed by atoms with van der Waals surface area (Å²) in [4.78, 5) is 6.48. The van der Waals surface area contributed by atoms with E-state index in [1.54, 1.807) is 14.2 Å².